The summed E-state index contributed by atoms with van der Waals surface area (Å²) >= 11 is 14.0. The van der Waals surface area contributed by atoms with Gasteiger partial charge in [0.25, 0.3) is 11.8 Å². The minimum atomic E-state index is -0.406. The van der Waals surface area contributed by atoms with E-state index in [1.165, 1.54) is 11.3 Å². The Kier molecular flexibility index (Phi) is 6.70. The zero-order valence-electron chi connectivity index (χ0n) is 18.3. The third kappa shape index (κ3) is 4.60. The van der Waals surface area contributed by atoms with Gasteiger partial charge in [-0.3, -0.25) is 9.59 Å². The summed E-state index contributed by atoms with van der Waals surface area (Å²) in [5.41, 5.74) is 3.15. The molecule has 0 saturated heterocycles. The standard InChI is InChI=1S/C25H21Cl2N3O2S/c1-14-19-21(29-23(31)17-11-7-8-12-18(17)26)22(33-24(19)28-15(2)20(14)27)25(32)30(3)13-16-9-5-4-6-10-16/h4-12H,13H2,1-3H3,(H,29,31). The molecule has 168 valence electrons. The number of carbonyl (C=O) groups excluding carboxylic acids is 2. The van der Waals surface area contributed by atoms with Crippen LogP contribution in [0.4, 0.5) is 5.69 Å². The lowest BCUT2D eigenvalue weighted by molar-refractivity contribution is 0.0791. The first-order valence-corrected chi connectivity index (χ1v) is 11.8. The first kappa shape index (κ1) is 23.2. The maximum absolute atomic E-state index is 13.5. The number of rotatable bonds is 5. The second kappa shape index (κ2) is 9.51. The summed E-state index contributed by atoms with van der Waals surface area (Å²) in [5, 5.41) is 4.41. The Labute approximate surface area is 206 Å². The maximum atomic E-state index is 13.5. The molecular weight excluding hydrogens is 477 g/mol. The first-order valence-electron chi connectivity index (χ1n) is 10.2. The molecule has 0 aliphatic heterocycles. The number of aromatic nitrogens is 1. The molecule has 2 aromatic heterocycles. The number of hydrogen-bond acceptors (Lipinski definition) is 4. The lowest BCUT2D eigenvalue weighted by atomic mass is 10.1. The SMILES string of the molecule is Cc1nc2sc(C(=O)N(C)Cc3ccccc3)c(NC(=O)c3ccccc3Cl)c2c(C)c1Cl. The molecule has 0 saturated carbocycles. The lowest BCUT2D eigenvalue weighted by Crippen LogP contribution is -2.26. The van der Waals surface area contributed by atoms with Crippen molar-refractivity contribution in [1.29, 1.82) is 0 Å². The van der Waals surface area contributed by atoms with Gasteiger partial charge in [0.2, 0.25) is 0 Å². The van der Waals surface area contributed by atoms with Gasteiger partial charge in [0, 0.05) is 19.0 Å². The highest BCUT2D eigenvalue weighted by atomic mass is 35.5. The molecule has 4 rings (SSSR count). The van der Waals surface area contributed by atoms with Gasteiger partial charge in [-0.25, -0.2) is 4.98 Å². The Morgan fingerprint density at radius 1 is 1.03 bits per heavy atom. The van der Waals surface area contributed by atoms with Crippen LogP contribution in [-0.4, -0.2) is 28.7 Å². The van der Waals surface area contributed by atoms with Crippen LogP contribution in [0, 0.1) is 13.8 Å². The summed E-state index contributed by atoms with van der Waals surface area (Å²) in [4.78, 5) is 33.8. The predicted molar refractivity (Wildman–Crippen MR) is 136 cm³/mol. The molecule has 0 spiro atoms. The van der Waals surface area contributed by atoms with Crippen LogP contribution in [0.5, 0.6) is 0 Å². The van der Waals surface area contributed by atoms with E-state index in [0.717, 1.165) is 11.1 Å². The fraction of sp³-hybridized carbons (Fsp3) is 0.160. The van der Waals surface area contributed by atoms with Crippen molar-refractivity contribution in [3.05, 3.63) is 91.9 Å². The Morgan fingerprint density at radius 2 is 1.70 bits per heavy atom. The Bertz CT molecular complexity index is 1370. The number of nitrogens with one attached hydrogen (secondary N) is 1. The quantitative estimate of drug-likeness (QED) is 0.331. The molecule has 4 aromatic rings. The third-order valence-corrected chi connectivity index (χ3v) is 7.30. The van der Waals surface area contributed by atoms with E-state index < -0.39 is 5.91 Å². The number of thiophene rings is 1. The van der Waals surface area contributed by atoms with E-state index in [0.29, 0.717) is 48.6 Å². The van der Waals surface area contributed by atoms with Crippen molar-refractivity contribution in [3.8, 4) is 0 Å². The number of amides is 2. The van der Waals surface area contributed by atoms with Gasteiger partial charge in [-0.05, 0) is 37.1 Å². The summed E-state index contributed by atoms with van der Waals surface area (Å²) in [6.45, 7) is 4.11. The number of aryl methyl sites for hydroxylation is 2. The van der Waals surface area contributed by atoms with Gasteiger partial charge < -0.3 is 10.2 Å². The Morgan fingerprint density at radius 3 is 2.39 bits per heavy atom. The van der Waals surface area contributed by atoms with Crippen molar-refractivity contribution in [1.82, 2.24) is 9.88 Å². The topological polar surface area (TPSA) is 62.3 Å². The smallest absolute Gasteiger partial charge is 0.266 e. The summed E-state index contributed by atoms with van der Waals surface area (Å²) in [6.07, 6.45) is 0. The van der Waals surface area contributed by atoms with Crippen molar-refractivity contribution in [2.45, 2.75) is 20.4 Å². The van der Waals surface area contributed by atoms with Crippen LogP contribution in [0.1, 0.15) is 36.9 Å². The summed E-state index contributed by atoms with van der Waals surface area (Å²) in [5.74, 6) is -0.624. The van der Waals surface area contributed by atoms with Crippen molar-refractivity contribution >= 4 is 62.3 Å². The van der Waals surface area contributed by atoms with Crippen LogP contribution in [0.15, 0.2) is 54.6 Å². The molecule has 8 heteroatoms. The molecule has 0 aliphatic carbocycles. The van der Waals surface area contributed by atoms with Gasteiger partial charge in [-0.15, -0.1) is 11.3 Å². The average Bonchev–Trinajstić information content (AvgIpc) is 3.15. The minimum absolute atomic E-state index is 0.218. The Balaban J connectivity index is 1.80. The van der Waals surface area contributed by atoms with Crippen LogP contribution >= 0.6 is 34.5 Å². The zero-order valence-corrected chi connectivity index (χ0v) is 20.6. The molecule has 33 heavy (non-hydrogen) atoms. The van der Waals surface area contributed by atoms with E-state index in [4.69, 9.17) is 23.2 Å². The number of pyridine rings is 1. The molecule has 0 aliphatic rings. The molecule has 2 amide bonds. The second-order valence-electron chi connectivity index (χ2n) is 7.70. The summed E-state index contributed by atoms with van der Waals surface area (Å²) in [7, 11) is 1.73. The monoisotopic (exact) mass is 497 g/mol. The molecule has 2 heterocycles. The van der Waals surface area contributed by atoms with Crippen LogP contribution in [0.2, 0.25) is 10.0 Å². The van der Waals surface area contributed by atoms with Crippen molar-refractivity contribution in [3.63, 3.8) is 0 Å². The maximum Gasteiger partial charge on any atom is 0.266 e. The number of benzene rings is 2. The van der Waals surface area contributed by atoms with E-state index in [-0.39, 0.29) is 5.91 Å². The highest BCUT2D eigenvalue weighted by Crippen LogP contribution is 2.41. The van der Waals surface area contributed by atoms with Gasteiger partial charge in [0.1, 0.15) is 9.71 Å². The number of anilines is 1. The van der Waals surface area contributed by atoms with Crippen molar-refractivity contribution in [2.24, 2.45) is 0 Å². The second-order valence-corrected chi connectivity index (χ2v) is 9.49. The number of fused-ring (bicyclic) bond motifs is 1. The molecule has 0 bridgehead atoms. The minimum Gasteiger partial charge on any atom is -0.337 e. The number of hydrogen-bond donors (Lipinski definition) is 1. The molecule has 0 atom stereocenters. The van der Waals surface area contributed by atoms with Crippen molar-refractivity contribution in [2.75, 3.05) is 12.4 Å². The number of nitrogens with zero attached hydrogens (tertiary/aromatic N) is 2. The van der Waals surface area contributed by atoms with Crippen LogP contribution in [0.25, 0.3) is 10.2 Å². The average molecular weight is 498 g/mol. The fourth-order valence-corrected chi connectivity index (χ4v) is 5.22. The van der Waals surface area contributed by atoms with Crippen LogP contribution < -0.4 is 5.32 Å². The molecule has 0 fully saturated rings. The van der Waals surface area contributed by atoms with Gasteiger partial charge in [-0.2, -0.15) is 0 Å². The van der Waals surface area contributed by atoms with E-state index in [9.17, 15) is 9.59 Å². The van der Waals surface area contributed by atoms with E-state index in [2.05, 4.69) is 10.3 Å². The molecular formula is C25H21Cl2N3O2S. The van der Waals surface area contributed by atoms with E-state index in [1.807, 2.05) is 44.2 Å². The third-order valence-electron chi connectivity index (χ3n) is 5.34. The lowest BCUT2D eigenvalue weighted by Gasteiger charge is -2.18. The fourth-order valence-electron chi connectivity index (χ4n) is 3.63. The van der Waals surface area contributed by atoms with Gasteiger partial charge in [0.05, 0.1) is 27.0 Å². The van der Waals surface area contributed by atoms with Gasteiger partial charge >= 0.3 is 0 Å². The highest BCUT2D eigenvalue weighted by molar-refractivity contribution is 7.21. The number of carbonyl (C=O) groups is 2. The predicted octanol–water partition coefficient (Wildman–Crippen LogP) is 6.74. The molecule has 1 N–H and O–H groups in total. The van der Waals surface area contributed by atoms with Crippen LogP contribution in [-0.2, 0) is 6.54 Å². The van der Waals surface area contributed by atoms with E-state index in [1.54, 1.807) is 36.2 Å². The number of halogens is 2. The zero-order chi connectivity index (χ0) is 23.7. The highest BCUT2D eigenvalue weighted by Gasteiger charge is 2.26. The summed E-state index contributed by atoms with van der Waals surface area (Å²) < 4.78 is 0. The van der Waals surface area contributed by atoms with Gasteiger partial charge in [0.15, 0.2) is 0 Å². The molecule has 0 unspecified atom stereocenters. The van der Waals surface area contributed by atoms with Crippen LogP contribution in [0.3, 0.4) is 0 Å². The van der Waals surface area contributed by atoms with Crippen molar-refractivity contribution < 1.29 is 9.59 Å². The largest absolute Gasteiger partial charge is 0.337 e. The normalized spacial score (nSPS) is 10.9. The molecule has 2 aromatic carbocycles. The molecule has 5 nitrogen and oxygen atoms in total. The molecule has 0 radical (unpaired) electrons. The first-order chi connectivity index (χ1) is 15.8. The Hall–Kier alpha value is -2.93. The van der Waals surface area contributed by atoms with E-state index >= 15 is 0 Å². The van der Waals surface area contributed by atoms with Gasteiger partial charge in [-0.1, -0.05) is 65.7 Å². The summed E-state index contributed by atoms with van der Waals surface area (Å²) in [6, 6.07) is 16.5.